The van der Waals surface area contributed by atoms with Crippen LogP contribution >= 0.6 is 0 Å². The van der Waals surface area contributed by atoms with Crippen LogP contribution in [0.15, 0.2) is 49.6 Å². The Morgan fingerprint density at radius 1 is 1.12 bits per heavy atom. The summed E-state index contributed by atoms with van der Waals surface area (Å²) in [7, 11) is 0. The molecule has 24 heavy (non-hydrogen) atoms. The van der Waals surface area contributed by atoms with Gasteiger partial charge in [0.25, 0.3) is 5.91 Å². The van der Waals surface area contributed by atoms with Gasteiger partial charge in [-0.15, -0.1) is 13.2 Å². The average Bonchev–Trinajstić information content (AvgIpc) is 2.60. The maximum atomic E-state index is 12.1. The Bertz CT molecular complexity index is 542. The second-order valence-corrected chi connectivity index (χ2v) is 5.42. The largest absolute Gasteiger partial charge is 0.376 e. The van der Waals surface area contributed by atoms with Crippen molar-refractivity contribution >= 4 is 17.5 Å². The van der Waals surface area contributed by atoms with Crippen LogP contribution in [-0.2, 0) is 4.79 Å². The topological polar surface area (TPSA) is 61.4 Å². The van der Waals surface area contributed by atoms with E-state index >= 15 is 0 Å². The fraction of sp³-hybridized carbons (Fsp3) is 0.368. The highest BCUT2D eigenvalue weighted by molar-refractivity contribution is 5.94. The fourth-order valence-corrected chi connectivity index (χ4v) is 2.10. The molecular weight excluding hydrogens is 302 g/mol. The molecule has 5 heteroatoms. The average molecular weight is 329 g/mol. The smallest absolute Gasteiger partial charge is 0.251 e. The molecule has 5 nitrogen and oxygen atoms in total. The highest BCUT2D eigenvalue weighted by atomic mass is 16.2. The number of carbonyl (C=O) groups excluding carboxylic acids is 2. The Kier molecular flexibility index (Phi) is 8.97. The van der Waals surface area contributed by atoms with Gasteiger partial charge in [-0.05, 0) is 30.7 Å². The molecule has 0 fully saturated rings. The number of hydrogen-bond donors (Lipinski definition) is 2. The lowest BCUT2D eigenvalue weighted by molar-refractivity contribution is -0.128. The number of nitrogens with zero attached hydrogens (tertiary/aromatic N) is 1. The number of unbranched alkanes of at least 4 members (excludes halogenated alkanes) is 1. The van der Waals surface area contributed by atoms with E-state index in [0.29, 0.717) is 25.2 Å². The van der Waals surface area contributed by atoms with Crippen LogP contribution in [0.25, 0.3) is 0 Å². The third kappa shape index (κ3) is 6.69. The van der Waals surface area contributed by atoms with Crippen LogP contribution in [0.4, 0.5) is 5.69 Å². The zero-order valence-electron chi connectivity index (χ0n) is 14.4. The van der Waals surface area contributed by atoms with Crippen LogP contribution in [0, 0.1) is 0 Å². The summed E-state index contributed by atoms with van der Waals surface area (Å²) in [4.78, 5) is 25.7. The molecule has 0 radical (unpaired) electrons. The molecular formula is C19H27N3O2. The zero-order chi connectivity index (χ0) is 17.8. The molecule has 0 saturated carbocycles. The Morgan fingerprint density at radius 2 is 1.75 bits per heavy atom. The summed E-state index contributed by atoms with van der Waals surface area (Å²) in [5.74, 6) is -0.106. The standard InChI is InChI=1S/C19H27N3O2/c1-4-7-12-20-19(24)16-8-10-17(11-9-16)21-15-18(23)22(13-5-2)14-6-3/h5-6,8-11,21H,2-4,7,12-15H2,1H3,(H,20,24). The van der Waals surface area contributed by atoms with E-state index in [1.54, 1.807) is 41.3 Å². The second kappa shape index (κ2) is 11.0. The molecule has 0 spiro atoms. The van der Waals surface area contributed by atoms with Gasteiger partial charge in [-0.3, -0.25) is 9.59 Å². The van der Waals surface area contributed by atoms with Crippen molar-refractivity contribution < 1.29 is 9.59 Å². The van der Waals surface area contributed by atoms with Gasteiger partial charge in [0.15, 0.2) is 0 Å². The molecule has 0 bridgehead atoms. The molecule has 0 aliphatic heterocycles. The number of hydrogen-bond acceptors (Lipinski definition) is 3. The van der Waals surface area contributed by atoms with Gasteiger partial charge in [-0.25, -0.2) is 0 Å². The van der Waals surface area contributed by atoms with Crippen molar-refractivity contribution in [3.8, 4) is 0 Å². The van der Waals surface area contributed by atoms with Crippen molar-refractivity contribution in [3.05, 3.63) is 55.1 Å². The first-order valence-electron chi connectivity index (χ1n) is 8.24. The van der Waals surface area contributed by atoms with E-state index in [2.05, 4.69) is 30.7 Å². The van der Waals surface area contributed by atoms with Crippen LogP contribution in [0.5, 0.6) is 0 Å². The van der Waals surface area contributed by atoms with E-state index in [9.17, 15) is 9.59 Å². The van der Waals surface area contributed by atoms with E-state index in [0.717, 1.165) is 18.5 Å². The molecule has 0 aliphatic rings. The first kappa shape index (κ1) is 19.5. The maximum absolute atomic E-state index is 12.1. The first-order chi connectivity index (χ1) is 11.6. The summed E-state index contributed by atoms with van der Waals surface area (Å²) in [6.45, 7) is 11.2. The number of carbonyl (C=O) groups is 2. The molecule has 1 aromatic carbocycles. The summed E-state index contributed by atoms with van der Waals surface area (Å²) in [6.07, 6.45) is 5.39. The van der Waals surface area contributed by atoms with Crippen molar-refractivity contribution in [2.24, 2.45) is 0 Å². The highest BCUT2D eigenvalue weighted by Crippen LogP contribution is 2.09. The molecule has 2 N–H and O–H groups in total. The van der Waals surface area contributed by atoms with Crippen LogP contribution in [0.1, 0.15) is 30.1 Å². The zero-order valence-corrected chi connectivity index (χ0v) is 14.4. The minimum atomic E-state index is -0.0748. The number of amides is 2. The van der Waals surface area contributed by atoms with Gasteiger partial charge in [-0.2, -0.15) is 0 Å². The highest BCUT2D eigenvalue weighted by Gasteiger charge is 2.10. The predicted octanol–water partition coefficient (Wildman–Crippen LogP) is 2.83. The van der Waals surface area contributed by atoms with E-state index in [1.165, 1.54) is 0 Å². The molecule has 1 aromatic rings. The quantitative estimate of drug-likeness (QED) is 0.485. The van der Waals surface area contributed by atoms with Crippen molar-refractivity contribution in [3.63, 3.8) is 0 Å². The monoisotopic (exact) mass is 329 g/mol. The summed E-state index contributed by atoms with van der Waals surface area (Å²) in [5.41, 5.74) is 1.41. The molecule has 0 aliphatic carbocycles. The van der Waals surface area contributed by atoms with Gasteiger partial charge in [-0.1, -0.05) is 25.5 Å². The van der Waals surface area contributed by atoms with Gasteiger partial charge in [0.1, 0.15) is 0 Å². The van der Waals surface area contributed by atoms with Crippen molar-refractivity contribution in [2.45, 2.75) is 19.8 Å². The molecule has 2 amide bonds. The van der Waals surface area contributed by atoms with Crippen molar-refractivity contribution in [1.82, 2.24) is 10.2 Å². The minimum absolute atomic E-state index is 0.0313. The van der Waals surface area contributed by atoms with E-state index in [-0.39, 0.29) is 18.4 Å². The van der Waals surface area contributed by atoms with Crippen molar-refractivity contribution in [1.29, 1.82) is 0 Å². The Morgan fingerprint density at radius 3 is 2.29 bits per heavy atom. The molecule has 0 atom stereocenters. The molecule has 0 heterocycles. The summed E-state index contributed by atoms with van der Waals surface area (Å²) < 4.78 is 0. The van der Waals surface area contributed by atoms with E-state index in [1.807, 2.05) is 0 Å². The number of rotatable bonds is 11. The second-order valence-electron chi connectivity index (χ2n) is 5.42. The summed E-state index contributed by atoms with van der Waals surface area (Å²) in [5, 5.41) is 5.94. The van der Waals surface area contributed by atoms with Gasteiger partial charge in [0, 0.05) is 30.9 Å². The van der Waals surface area contributed by atoms with Gasteiger partial charge in [0.05, 0.1) is 6.54 Å². The van der Waals surface area contributed by atoms with Crippen LogP contribution in [0.3, 0.4) is 0 Å². The minimum Gasteiger partial charge on any atom is -0.376 e. The molecule has 0 saturated heterocycles. The number of nitrogens with one attached hydrogen (secondary N) is 2. The molecule has 0 aromatic heterocycles. The van der Waals surface area contributed by atoms with Crippen LogP contribution in [-0.4, -0.2) is 42.9 Å². The normalized spacial score (nSPS) is 9.88. The third-order valence-corrected chi connectivity index (χ3v) is 3.46. The lowest BCUT2D eigenvalue weighted by atomic mass is 10.2. The van der Waals surface area contributed by atoms with E-state index < -0.39 is 0 Å². The SMILES string of the molecule is C=CCN(CC=C)C(=O)CNc1ccc(C(=O)NCCCC)cc1. The number of anilines is 1. The third-order valence-electron chi connectivity index (χ3n) is 3.46. The van der Waals surface area contributed by atoms with Crippen LogP contribution < -0.4 is 10.6 Å². The van der Waals surface area contributed by atoms with Gasteiger partial charge >= 0.3 is 0 Å². The molecule has 1 rings (SSSR count). The summed E-state index contributed by atoms with van der Waals surface area (Å²) >= 11 is 0. The fourth-order valence-electron chi connectivity index (χ4n) is 2.10. The first-order valence-corrected chi connectivity index (χ1v) is 8.24. The number of benzene rings is 1. The molecule has 0 unspecified atom stereocenters. The maximum Gasteiger partial charge on any atom is 0.251 e. The van der Waals surface area contributed by atoms with Gasteiger partial charge < -0.3 is 15.5 Å². The Balaban J connectivity index is 2.51. The van der Waals surface area contributed by atoms with Crippen molar-refractivity contribution in [2.75, 3.05) is 31.5 Å². The molecule has 130 valence electrons. The summed E-state index contributed by atoms with van der Waals surface area (Å²) in [6, 6.07) is 7.10. The lowest BCUT2D eigenvalue weighted by Crippen LogP contribution is -2.35. The van der Waals surface area contributed by atoms with Gasteiger partial charge in [0.2, 0.25) is 5.91 Å². The lowest BCUT2D eigenvalue weighted by Gasteiger charge is -2.19. The Labute approximate surface area is 144 Å². The Hall–Kier alpha value is -2.56. The van der Waals surface area contributed by atoms with E-state index in [4.69, 9.17) is 0 Å². The predicted molar refractivity (Wildman–Crippen MR) is 99.1 cm³/mol. The van der Waals surface area contributed by atoms with Crippen LogP contribution in [0.2, 0.25) is 0 Å².